The van der Waals surface area contributed by atoms with Gasteiger partial charge in [-0.25, -0.2) is 5.43 Å². The molecule has 0 aliphatic carbocycles. The molecule has 8 nitrogen and oxygen atoms in total. The fourth-order valence-electron chi connectivity index (χ4n) is 3.15. The highest BCUT2D eigenvalue weighted by molar-refractivity contribution is 6.32. The van der Waals surface area contributed by atoms with Crippen LogP contribution in [0.1, 0.15) is 22.0 Å². The Morgan fingerprint density at radius 1 is 1.00 bits per heavy atom. The van der Waals surface area contributed by atoms with Crippen LogP contribution in [0.3, 0.4) is 0 Å². The summed E-state index contributed by atoms with van der Waals surface area (Å²) in [6.45, 7) is 0.115. The first-order valence-corrected chi connectivity index (χ1v) is 10.1. The SMILES string of the molecule is COc1ccc(NC(=O)C(NNC(=O)c2ccc3c(c2)OCO3)c2ccccc2)cc1Cl. The van der Waals surface area contributed by atoms with E-state index in [1.54, 1.807) is 60.7 Å². The Kier molecular flexibility index (Phi) is 6.44. The highest BCUT2D eigenvalue weighted by atomic mass is 35.5. The summed E-state index contributed by atoms with van der Waals surface area (Å²) in [5, 5.41) is 3.17. The van der Waals surface area contributed by atoms with Gasteiger partial charge in [0.15, 0.2) is 11.5 Å². The van der Waals surface area contributed by atoms with E-state index in [4.69, 9.17) is 25.8 Å². The van der Waals surface area contributed by atoms with E-state index >= 15 is 0 Å². The molecule has 4 rings (SSSR count). The summed E-state index contributed by atoms with van der Waals surface area (Å²) in [5.74, 6) is 0.756. The van der Waals surface area contributed by atoms with Crippen molar-refractivity contribution in [1.82, 2.24) is 10.9 Å². The zero-order valence-electron chi connectivity index (χ0n) is 17.1. The topological polar surface area (TPSA) is 97.9 Å². The molecule has 0 spiro atoms. The highest BCUT2D eigenvalue weighted by Gasteiger charge is 2.23. The van der Waals surface area contributed by atoms with Gasteiger partial charge in [0.2, 0.25) is 12.7 Å². The van der Waals surface area contributed by atoms with Gasteiger partial charge in [0.05, 0.1) is 12.1 Å². The summed E-state index contributed by atoms with van der Waals surface area (Å²) in [5.41, 5.74) is 6.92. The molecule has 0 fully saturated rings. The Labute approximate surface area is 189 Å². The molecule has 0 bridgehead atoms. The third-order valence-electron chi connectivity index (χ3n) is 4.78. The maximum Gasteiger partial charge on any atom is 0.265 e. The fraction of sp³-hybridized carbons (Fsp3) is 0.130. The molecule has 0 saturated heterocycles. The third kappa shape index (κ3) is 4.77. The Balaban J connectivity index is 1.49. The van der Waals surface area contributed by atoms with Gasteiger partial charge in [-0.15, -0.1) is 0 Å². The number of halogens is 1. The number of hydrogen-bond donors (Lipinski definition) is 3. The third-order valence-corrected chi connectivity index (χ3v) is 5.07. The molecule has 3 aromatic carbocycles. The number of hydrogen-bond acceptors (Lipinski definition) is 6. The van der Waals surface area contributed by atoms with Gasteiger partial charge < -0.3 is 19.5 Å². The van der Waals surface area contributed by atoms with E-state index < -0.39 is 11.9 Å². The minimum Gasteiger partial charge on any atom is -0.495 e. The van der Waals surface area contributed by atoms with Gasteiger partial charge >= 0.3 is 0 Å². The number of nitrogens with one attached hydrogen (secondary N) is 3. The molecule has 0 radical (unpaired) electrons. The number of rotatable bonds is 7. The predicted octanol–water partition coefficient (Wildman–Crippen LogP) is 3.69. The fourth-order valence-corrected chi connectivity index (χ4v) is 3.41. The van der Waals surface area contributed by atoms with Crippen LogP contribution in [-0.2, 0) is 4.79 Å². The average molecular weight is 454 g/mol. The highest BCUT2D eigenvalue weighted by Crippen LogP contribution is 2.32. The van der Waals surface area contributed by atoms with Crippen LogP contribution in [0.15, 0.2) is 66.7 Å². The number of fused-ring (bicyclic) bond motifs is 1. The first-order valence-electron chi connectivity index (χ1n) is 9.70. The summed E-state index contributed by atoms with van der Waals surface area (Å²) < 4.78 is 15.7. The van der Waals surface area contributed by atoms with E-state index in [1.807, 2.05) is 6.07 Å². The molecule has 1 unspecified atom stereocenters. The summed E-state index contributed by atoms with van der Waals surface area (Å²) in [6, 6.07) is 17.9. The largest absolute Gasteiger partial charge is 0.495 e. The van der Waals surface area contributed by atoms with Gasteiger partial charge in [0.1, 0.15) is 11.8 Å². The monoisotopic (exact) mass is 453 g/mol. The van der Waals surface area contributed by atoms with Gasteiger partial charge in [-0.1, -0.05) is 41.9 Å². The lowest BCUT2D eigenvalue weighted by Crippen LogP contribution is -2.44. The minimum atomic E-state index is -0.866. The number of benzene rings is 3. The van der Waals surface area contributed by atoms with Gasteiger partial charge in [0, 0.05) is 11.3 Å². The molecule has 2 amide bonds. The van der Waals surface area contributed by atoms with Crippen molar-refractivity contribution in [3.05, 3.63) is 82.9 Å². The first-order chi connectivity index (χ1) is 15.5. The van der Waals surface area contributed by atoms with Crippen LogP contribution in [0.4, 0.5) is 5.69 Å². The zero-order valence-corrected chi connectivity index (χ0v) is 17.8. The Hall–Kier alpha value is -3.75. The van der Waals surface area contributed by atoms with Crippen LogP contribution in [0.25, 0.3) is 0 Å². The van der Waals surface area contributed by atoms with E-state index in [1.165, 1.54) is 7.11 Å². The van der Waals surface area contributed by atoms with E-state index in [-0.39, 0.29) is 12.7 Å². The van der Waals surface area contributed by atoms with Crippen LogP contribution < -0.4 is 30.4 Å². The van der Waals surface area contributed by atoms with Crippen molar-refractivity contribution < 1.29 is 23.8 Å². The van der Waals surface area contributed by atoms with Crippen molar-refractivity contribution in [3.8, 4) is 17.2 Å². The molecule has 0 aromatic heterocycles. The van der Waals surface area contributed by atoms with Crippen molar-refractivity contribution in [2.24, 2.45) is 0 Å². The maximum atomic E-state index is 13.0. The normalized spacial score (nSPS) is 12.7. The number of amides is 2. The lowest BCUT2D eigenvalue weighted by molar-refractivity contribution is -0.118. The summed E-state index contributed by atoms with van der Waals surface area (Å²) in [6.07, 6.45) is 0. The van der Waals surface area contributed by atoms with Crippen LogP contribution in [0, 0.1) is 0 Å². The van der Waals surface area contributed by atoms with Crippen molar-refractivity contribution >= 4 is 29.1 Å². The lowest BCUT2D eigenvalue weighted by Gasteiger charge is -2.20. The minimum absolute atomic E-state index is 0.115. The summed E-state index contributed by atoms with van der Waals surface area (Å²) >= 11 is 6.15. The van der Waals surface area contributed by atoms with Gasteiger partial charge in [-0.05, 0) is 42.0 Å². The van der Waals surface area contributed by atoms with E-state index in [2.05, 4.69) is 16.2 Å². The molecule has 3 N–H and O–H groups in total. The molecule has 0 saturated carbocycles. The van der Waals surface area contributed by atoms with Crippen molar-refractivity contribution in [1.29, 1.82) is 0 Å². The number of hydrazine groups is 1. The Morgan fingerprint density at radius 2 is 1.78 bits per heavy atom. The van der Waals surface area contributed by atoms with Gasteiger partial charge in [0.25, 0.3) is 5.91 Å². The molecule has 9 heteroatoms. The van der Waals surface area contributed by atoms with E-state index in [9.17, 15) is 9.59 Å². The molecule has 32 heavy (non-hydrogen) atoms. The summed E-state index contributed by atoms with van der Waals surface area (Å²) in [4.78, 5) is 25.7. The predicted molar refractivity (Wildman–Crippen MR) is 119 cm³/mol. The number of ether oxygens (including phenoxy) is 3. The number of methoxy groups -OCH3 is 1. The van der Waals surface area contributed by atoms with Crippen molar-refractivity contribution in [2.75, 3.05) is 19.2 Å². The van der Waals surface area contributed by atoms with Crippen LogP contribution >= 0.6 is 11.6 Å². The van der Waals surface area contributed by atoms with Crippen LogP contribution in [0.5, 0.6) is 17.2 Å². The van der Waals surface area contributed by atoms with Crippen LogP contribution in [0.2, 0.25) is 5.02 Å². The Morgan fingerprint density at radius 3 is 2.53 bits per heavy atom. The van der Waals surface area contributed by atoms with Gasteiger partial charge in [-0.3, -0.25) is 15.0 Å². The second-order valence-corrected chi connectivity index (χ2v) is 7.26. The average Bonchev–Trinajstić information content (AvgIpc) is 3.28. The van der Waals surface area contributed by atoms with E-state index in [0.29, 0.717) is 39.1 Å². The molecule has 3 aromatic rings. The second-order valence-electron chi connectivity index (χ2n) is 6.85. The molecular weight excluding hydrogens is 434 g/mol. The lowest BCUT2D eigenvalue weighted by atomic mass is 10.1. The van der Waals surface area contributed by atoms with Crippen molar-refractivity contribution in [2.45, 2.75) is 6.04 Å². The number of anilines is 1. The molecule has 1 atom stereocenters. The van der Waals surface area contributed by atoms with Gasteiger partial charge in [-0.2, -0.15) is 0 Å². The smallest absolute Gasteiger partial charge is 0.265 e. The molecular formula is C23H20ClN3O5. The van der Waals surface area contributed by atoms with Crippen LogP contribution in [-0.4, -0.2) is 25.7 Å². The molecule has 1 aliphatic rings. The molecule has 1 heterocycles. The standard InChI is InChI=1S/C23H20ClN3O5/c1-30-18-10-8-16(12-17(18)24)25-23(29)21(14-5-3-2-4-6-14)26-27-22(28)15-7-9-19-20(11-15)32-13-31-19/h2-12,21,26H,13H2,1H3,(H,25,29)(H,27,28). The molecule has 164 valence electrons. The number of carbonyl (C=O) groups is 2. The Bertz CT molecular complexity index is 1140. The number of carbonyl (C=O) groups excluding carboxylic acids is 2. The quantitative estimate of drug-likeness (QED) is 0.472. The van der Waals surface area contributed by atoms with Crippen molar-refractivity contribution in [3.63, 3.8) is 0 Å². The summed E-state index contributed by atoms with van der Waals surface area (Å²) in [7, 11) is 1.51. The zero-order chi connectivity index (χ0) is 22.5. The molecule has 1 aliphatic heterocycles. The second kappa shape index (κ2) is 9.59. The van der Waals surface area contributed by atoms with E-state index in [0.717, 1.165) is 0 Å². The first kappa shape index (κ1) is 21.5. The maximum absolute atomic E-state index is 13.0.